The molecule has 0 aliphatic heterocycles. The Labute approximate surface area is 118 Å². The molecule has 5 heteroatoms. The van der Waals surface area contributed by atoms with Crippen molar-refractivity contribution in [1.82, 2.24) is 19.9 Å². The largest absolute Gasteiger partial charge is 0.306 e. The van der Waals surface area contributed by atoms with Crippen LogP contribution in [0.4, 0.5) is 0 Å². The van der Waals surface area contributed by atoms with Crippen molar-refractivity contribution in [2.24, 2.45) is 0 Å². The molecule has 102 valence electrons. The van der Waals surface area contributed by atoms with Crippen molar-refractivity contribution < 1.29 is 0 Å². The molecular weight excluding hydrogens is 256 g/mol. The van der Waals surface area contributed by atoms with E-state index in [2.05, 4.69) is 53.6 Å². The van der Waals surface area contributed by atoms with Crippen LogP contribution in [-0.2, 0) is 5.41 Å². The van der Waals surface area contributed by atoms with Crippen LogP contribution in [0.3, 0.4) is 0 Å². The highest BCUT2D eigenvalue weighted by atomic mass is 32.1. The van der Waals surface area contributed by atoms with Gasteiger partial charge in [0, 0.05) is 17.8 Å². The fraction of sp³-hybridized carbons (Fsp3) is 0.500. The summed E-state index contributed by atoms with van der Waals surface area (Å²) in [5.74, 6) is 0. The summed E-state index contributed by atoms with van der Waals surface area (Å²) in [6.07, 6.45) is 3.70. The number of aromatic nitrogens is 3. The van der Waals surface area contributed by atoms with Crippen LogP contribution in [0.2, 0.25) is 0 Å². The van der Waals surface area contributed by atoms with Gasteiger partial charge in [-0.3, -0.25) is 4.98 Å². The molecule has 4 nitrogen and oxygen atoms in total. The van der Waals surface area contributed by atoms with Gasteiger partial charge in [0.25, 0.3) is 0 Å². The summed E-state index contributed by atoms with van der Waals surface area (Å²) in [6.45, 7) is 9.49. The summed E-state index contributed by atoms with van der Waals surface area (Å²) < 4.78 is 4.15. The quantitative estimate of drug-likeness (QED) is 0.933. The summed E-state index contributed by atoms with van der Waals surface area (Å²) in [7, 11) is 0. The minimum atomic E-state index is -0.00177. The molecule has 0 bridgehead atoms. The van der Waals surface area contributed by atoms with Gasteiger partial charge in [-0.1, -0.05) is 38.2 Å². The van der Waals surface area contributed by atoms with E-state index in [1.54, 1.807) is 6.20 Å². The Morgan fingerprint density at radius 3 is 2.74 bits per heavy atom. The van der Waals surface area contributed by atoms with Gasteiger partial charge in [-0.2, -0.15) is 0 Å². The molecule has 0 fully saturated rings. The highest BCUT2D eigenvalue weighted by molar-refractivity contribution is 7.05. The molecule has 0 spiro atoms. The molecule has 0 aliphatic rings. The predicted octanol–water partition coefficient (Wildman–Crippen LogP) is 2.93. The van der Waals surface area contributed by atoms with Gasteiger partial charge in [0.2, 0.25) is 0 Å². The van der Waals surface area contributed by atoms with E-state index in [1.165, 1.54) is 16.4 Å². The molecule has 1 unspecified atom stereocenters. The second kappa shape index (κ2) is 5.75. The molecule has 19 heavy (non-hydrogen) atoms. The van der Waals surface area contributed by atoms with E-state index in [-0.39, 0.29) is 11.5 Å². The van der Waals surface area contributed by atoms with Gasteiger partial charge in [-0.05, 0) is 29.7 Å². The highest BCUT2D eigenvalue weighted by Crippen LogP contribution is 2.33. The Balaban J connectivity index is 2.44. The van der Waals surface area contributed by atoms with Gasteiger partial charge < -0.3 is 5.32 Å². The lowest BCUT2D eigenvalue weighted by Crippen LogP contribution is -2.25. The summed E-state index contributed by atoms with van der Waals surface area (Å²) in [5, 5.41) is 7.83. The normalized spacial score (nSPS) is 13.5. The maximum absolute atomic E-state index is 4.32. The summed E-state index contributed by atoms with van der Waals surface area (Å²) in [6, 6.07) is 4.17. The zero-order chi connectivity index (χ0) is 13.9. The Bertz CT molecular complexity index is 516. The number of nitrogens with zero attached hydrogens (tertiary/aromatic N) is 3. The third-order valence-corrected chi connectivity index (χ3v) is 3.70. The minimum absolute atomic E-state index is 0.00177. The molecule has 2 aromatic heterocycles. The van der Waals surface area contributed by atoms with Crippen molar-refractivity contribution in [3.63, 3.8) is 0 Å². The van der Waals surface area contributed by atoms with Crippen LogP contribution in [0.15, 0.2) is 24.5 Å². The van der Waals surface area contributed by atoms with E-state index in [1.807, 2.05) is 12.3 Å². The molecule has 0 radical (unpaired) electrons. The van der Waals surface area contributed by atoms with Crippen LogP contribution in [0.1, 0.15) is 49.9 Å². The standard InChI is InChI=1S/C14H20N4S/c1-5-16-11(10-7-6-8-15-9-10)12-13(14(2,3)4)17-18-19-12/h6-9,11,16H,5H2,1-4H3. The number of hydrogen-bond donors (Lipinski definition) is 1. The number of rotatable bonds is 4. The van der Waals surface area contributed by atoms with Crippen LogP contribution in [0.25, 0.3) is 0 Å². The first kappa shape index (κ1) is 14.1. The van der Waals surface area contributed by atoms with E-state index in [9.17, 15) is 0 Å². The molecule has 0 amide bonds. The Hall–Kier alpha value is -1.33. The van der Waals surface area contributed by atoms with Gasteiger partial charge >= 0.3 is 0 Å². The average Bonchev–Trinajstić information content (AvgIpc) is 2.86. The molecule has 0 saturated heterocycles. The molecular formula is C14H20N4S. The Kier molecular flexibility index (Phi) is 4.27. The Morgan fingerprint density at radius 2 is 2.16 bits per heavy atom. The van der Waals surface area contributed by atoms with Crippen molar-refractivity contribution in [2.45, 2.75) is 39.2 Å². The van der Waals surface area contributed by atoms with Gasteiger partial charge in [0.15, 0.2) is 0 Å². The second-order valence-electron chi connectivity index (χ2n) is 5.51. The van der Waals surface area contributed by atoms with Crippen molar-refractivity contribution in [3.8, 4) is 0 Å². The Morgan fingerprint density at radius 1 is 1.37 bits per heavy atom. The van der Waals surface area contributed by atoms with Gasteiger partial charge in [-0.15, -0.1) is 5.10 Å². The number of pyridine rings is 1. The van der Waals surface area contributed by atoms with Crippen LogP contribution < -0.4 is 5.32 Å². The first-order chi connectivity index (χ1) is 9.04. The van der Waals surface area contributed by atoms with Crippen LogP contribution in [0.5, 0.6) is 0 Å². The van der Waals surface area contributed by atoms with Crippen molar-refractivity contribution in [3.05, 3.63) is 40.7 Å². The molecule has 2 heterocycles. The maximum atomic E-state index is 4.32. The highest BCUT2D eigenvalue weighted by Gasteiger charge is 2.27. The van der Waals surface area contributed by atoms with Crippen molar-refractivity contribution >= 4 is 11.5 Å². The zero-order valence-corrected chi connectivity index (χ0v) is 12.7. The first-order valence-electron chi connectivity index (χ1n) is 6.50. The maximum Gasteiger partial charge on any atom is 0.0860 e. The van der Waals surface area contributed by atoms with Gasteiger partial charge in [0.05, 0.1) is 16.6 Å². The molecule has 1 N–H and O–H groups in total. The van der Waals surface area contributed by atoms with E-state index < -0.39 is 0 Å². The van der Waals surface area contributed by atoms with Crippen molar-refractivity contribution in [1.29, 1.82) is 0 Å². The van der Waals surface area contributed by atoms with E-state index in [0.29, 0.717) is 0 Å². The molecule has 2 rings (SSSR count). The summed E-state index contributed by atoms with van der Waals surface area (Å²) in [5.41, 5.74) is 2.21. The van der Waals surface area contributed by atoms with Crippen LogP contribution in [0, 0.1) is 0 Å². The lowest BCUT2D eigenvalue weighted by atomic mass is 9.89. The van der Waals surface area contributed by atoms with Gasteiger partial charge in [-0.25, -0.2) is 0 Å². The minimum Gasteiger partial charge on any atom is -0.306 e. The van der Waals surface area contributed by atoms with Crippen LogP contribution >= 0.6 is 11.5 Å². The fourth-order valence-corrected chi connectivity index (χ4v) is 2.99. The fourth-order valence-electron chi connectivity index (χ4n) is 2.02. The second-order valence-corrected chi connectivity index (χ2v) is 6.30. The van der Waals surface area contributed by atoms with E-state index >= 15 is 0 Å². The molecule has 2 aromatic rings. The van der Waals surface area contributed by atoms with Gasteiger partial charge in [0.1, 0.15) is 0 Å². The third kappa shape index (κ3) is 3.16. The third-order valence-electron chi connectivity index (χ3n) is 2.91. The summed E-state index contributed by atoms with van der Waals surface area (Å²) in [4.78, 5) is 5.40. The molecule has 0 aliphatic carbocycles. The van der Waals surface area contributed by atoms with Crippen LogP contribution in [-0.4, -0.2) is 21.1 Å². The number of hydrogen-bond acceptors (Lipinski definition) is 5. The smallest absolute Gasteiger partial charge is 0.0860 e. The summed E-state index contributed by atoms with van der Waals surface area (Å²) >= 11 is 1.47. The lowest BCUT2D eigenvalue weighted by molar-refractivity contribution is 0.543. The average molecular weight is 276 g/mol. The van der Waals surface area contributed by atoms with E-state index in [4.69, 9.17) is 0 Å². The SMILES string of the molecule is CCNC(c1cccnc1)c1snnc1C(C)(C)C. The predicted molar refractivity (Wildman–Crippen MR) is 78.4 cm³/mol. The lowest BCUT2D eigenvalue weighted by Gasteiger charge is -2.22. The number of nitrogens with one attached hydrogen (secondary N) is 1. The first-order valence-corrected chi connectivity index (χ1v) is 7.27. The zero-order valence-electron chi connectivity index (χ0n) is 11.8. The monoisotopic (exact) mass is 276 g/mol. The molecule has 0 aromatic carbocycles. The topological polar surface area (TPSA) is 50.7 Å². The molecule has 0 saturated carbocycles. The van der Waals surface area contributed by atoms with Crippen molar-refractivity contribution in [2.75, 3.05) is 6.54 Å². The molecule has 1 atom stereocenters. The van der Waals surface area contributed by atoms with E-state index in [0.717, 1.165) is 17.8 Å².